The van der Waals surface area contributed by atoms with Gasteiger partial charge in [-0.05, 0) is 31.4 Å². The van der Waals surface area contributed by atoms with Crippen LogP contribution in [0, 0.1) is 10.1 Å². The molecule has 2 atom stereocenters. The Morgan fingerprint density at radius 2 is 2.37 bits per heavy atom. The van der Waals surface area contributed by atoms with Gasteiger partial charge in [0.25, 0.3) is 0 Å². The molecule has 6 heteroatoms. The van der Waals surface area contributed by atoms with Gasteiger partial charge in [0.05, 0.1) is 18.1 Å². The summed E-state index contributed by atoms with van der Waals surface area (Å²) in [6.07, 6.45) is 1.26. The average Bonchev–Trinajstić information content (AvgIpc) is 2.69. The number of methoxy groups -OCH3 is 1. The Labute approximate surface area is 111 Å². The highest BCUT2D eigenvalue weighted by molar-refractivity contribution is 5.49. The highest BCUT2D eigenvalue weighted by Crippen LogP contribution is 2.32. The minimum Gasteiger partial charge on any atom is -0.490 e. The number of nitro groups is 1. The molecule has 1 aliphatic rings. The van der Waals surface area contributed by atoms with Gasteiger partial charge in [-0.15, -0.1) is 0 Å². The van der Waals surface area contributed by atoms with Crippen molar-refractivity contribution in [3.8, 4) is 5.75 Å². The van der Waals surface area contributed by atoms with Crippen molar-refractivity contribution in [3.05, 3.63) is 33.9 Å². The van der Waals surface area contributed by atoms with Crippen LogP contribution in [-0.2, 0) is 11.2 Å². The zero-order valence-corrected chi connectivity index (χ0v) is 11.1. The lowest BCUT2D eigenvalue weighted by Crippen LogP contribution is -2.47. The van der Waals surface area contributed by atoms with Crippen LogP contribution in [0.1, 0.15) is 18.9 Å². The van der Waals surface area contributed by atoms with Crippen molar-refractivity contribution in [2.75, 3.05) is 13.7 Å². The molecule has 1 aliphatic heterocycles. The van der Waals surface area contributed by atoms with Crippen molar-refractivity contribution >= 4 is 5.69 Å². The van der Waals surface area contributed by atoms with Gasteiger partial charge in [0.1, 0.15) is 0 Å². The topological polar surface area (TPSA) is 87.6 Å². The lowest BCUT2D eigenvalue weighted by atomic mass is 9.86. The Morgan fingerprint density at radius 3 is 2.89 bits per heavy atom. The fourth-order valence-corrected chi connectivity index (χ4v) is 2.40. The second kappa shape index (κ2) is 5.14. The van der Waals surface area contributed by atoms with Gasteiger partial charge >= 0.3 is 5.69 Å². The summed E-state index contributed by atoms with van der Waals surface area (Å²) in [5.74, 6) is 0.260. The van der Waals surface area contributed by atoms with E-state index in [1.807, 2.05) is 13.0 Å². The van der Waals surface area contributed by atoms with Crippen LogP contribution in [-0.4, -0.2) is 30.3 Å². The van der Waals surface area contributed by atoms with Crippen LogP contribution < -0.4 is 10.5 Å². The summed E-state index contributed by atoms with van der Waals surface area (Å²) in [4.78, 5) is 10.5. The van der Waals surface area contributed by atoms with Crippen LogP contribution in [0.2, 0.25) is 0 Å². The van der Waals surface area contributed by atoms with E-state index >= 15 is 0 Å². The number of ether oxygens (including phenoxy) is 2. The fourth-order valence-electron chi connectivity index (χ4n) is 2.40. The molecule has 104 valence electrons. The van der Waals surface area contributed by atoms with Gasteiger partial charge in [0, 0.05) is 18.2 Å². The molecule has 0 saturated carbocycles. The van der Waals surface area contributed by atoms with Crippen LogP contribution in [0.15, 0.2) is 18.2 Å². The Morgan fingerprint density at radius 1 is 1.63 bits per heavy atom. The lowest BCUT2D eigenvalue weighted by molar-refractivity contribution is -0.385. The molecule has 2 N–H and O–H groups in total. The van der Waals surface area contributed by atoms with Crippen LogP contribution in [0.5, 0.6) is 5.75 Å². The summed E-state index contributed by atoms with van der Waals surface area (Å²) in [6, 6.07) is 4.95. The Bertz CT molecular complexity index is 492. The van der Waals surface area contributed by atoms with Crippen LogP contribution in [0.25, 0.3) is 0 Å². The first-order valence-electron chi connectivity index (χ1n) is 6.18. The number of rotatable bonds is 4. The van der Waals surface area contributed by atoms with E-state index in [0.717, 1.165) is 12.0 Å². The maximum absolute atomic E-state index is 11.0. The standard InChI is InChI=1S/C13H18N2O4/c1-9-13(14,5-6-19-9)8-10-3-4-12(18-2)11(7-10)15(16)17/h3-4,7,9H,5-6,8,14H2,1-2H3. The van der Waals surface area contributed by atoms with E-state index in [1.54, 1.807) is 6.07 Å². The molecule has 1 saturated heterocycles. The highest BCUT2D eigenvalue weighted by Gasteiger charge is 2.38. The third-order valence-corrected chi connectivity index (χ3v) is 3.72. The SMILES string of the molecule is COc1ccc(CC2(N)CCOC2C)cc1[N+](=O)[O-]. The van der Waals surface area contributed by atoms with Crippen molar-refractivity contribution < 1.29 is 14.4 Å². The minimum atomic E-state index is -0.456. The Kier molecular flexibility index (Phi) is 3.73. The Balaban J connectivity index is 2.26. The van der Waals surface area contributed by atoms with Crippen molar-refractivity contribution in [2.24, 2.45) is 5.73 Å². The molecule has 2 unspecified atom stereocenters. The molecule has 6 nitrogen and oxygen atoms in total. The lowest BCUT2D eigenvalue weighted by Gasteiger charge is -2.27. The minimum absolute atomic E-state index is 0.0323. The van der Waals surface area contributed by atoms with Gasteiger partial charge in [-0.3, -0.25) is 10.1 Å². The monoisotopic (exact) mass is 266 g/mol. The first-order chi connectivity index (χ1) is 8.96. The third-order valence-electron chi connectivity index (χ3n) is 3.72. The van der Waals surface area contributed by atoms with E-state index in [2.05, 4.69) is 0 Å². The average molecular weight is 266 g/mol. The summed E-state index contributed by atoms with van der Waals surface area (Å²) in [6.45, 7) is 2.57. The predicted molar refractivity (Wildman–Crippen MR) is 70.3 cm³/mol. The number of nitrogens with zero attached hydrogens (tertiary/aromatic N) is 1. The quantitative estimate of drug-likeness (QED) is 0.661. The van der Waals surface area contributed by atoms with E-state index in [9.17, 15) is 10.1 Å². The van der Waals surface area contributed by atoms with Crippen LogP contribution in [0.4, 0.5) is 5.69 Å². The van der Waals surface area contributed by atoms with E-state index in [-0.39, 0.29) is 17.5 Å². The largest absolute Gasteiger partial charge is 0.490 e. The van der Waals surface area contributed by atoms with Gasteiger partial charge in [0.2, 0.25) is 0 Å². The first kappa shape index (κ1) is 13.8. The smallest absolute Gasteiger partial charge is 0.311 e. The van der Waals surface area contributed by atoms with Gasteiger partial charge < -0.3 is 15.2 Å². The Hall–Kier alpha value is -1.66. The van der Waals surface area contributed by atoms with E-state index in [4.69, 9.17) is 15.2 Å². The number of nitro benzene ring substituents is 1. The molecule has 2 rings (SSSR count). The molecule has 1 aromatic carbocycles. The molecule has 1 aromatic rings. The molecule has 0 amide bonds. The number of nitrogens with two attached hydrogens (primary N) is 1. The molecule has 0 aromatic heterocycles. The van der Waals surface area contributed by atoms with Crippen molar-refractivity contribution in [1.82, 2.24) is 0 Å². The molecular formula is C13H18N2O4. The summed E-state index contributed by atoms with van der Waals surface area (Å²) < 4.78 is 10.5. The first-order valence-corrected chi connectivity index (χ1v) is 6.18. The fraction of sp³-hybridized carbons (Fsp3) is 0.538. The summed E-state index contributed by atoms with van der Waals surface area (Å²) in [5, 5.41) is 11.0. The van der Waals surface area contributed by atoms with Gasteiger partial charge in [0.15, 0.2) is 5.75 Å². The maximum atomic E-state index is 11.0. The molecule has 0 aliphatic carbocycles. The van der Waals surface area contributed by atoms with Crippen molar-refractivity contribution in [3.63, 3.8) is 0 Å². The predicted octanol–water partition coefficient (Wildman–Crippen LogP) is 1.65. The van der Waals surface area contributed by atoms with E-state index in [1.165, 1.54) is 13.2 Å². The highest BCUT2D eigenvalue weighted by atomic mass is 16.6. The molecule has 0 bridgehead atoms. The summed E-state index contributed by atoms with van der Waals surface area (Å²) in [7, 11) is 1.42. The normalized spacial score (nSPS) is 26.4. The van der Waals surface area contributed by atoms with E-state index in [0.29, 0.717) is 13.0 Å². The molecular weight excluding hydrogens is 248 g/mol. The van der Waals surface area contributed by atoms with Gasteiger partial charge in [-0.2, -0.15) is 0 Å². The van der Waals surface area contributed by atoms with Crippen molar-refractivity contribution in [1.29, 1.82) is 0 Å². The maximum Gasteiger partial charge on any atom is 0.311 e. The molecule has 1 fully saturated rings. The van der Waals surface area contributed by atoms with Crippen molar-refractivity contribution in [2.45, 2.75) is 31.4 Å². The van der Waals surface area contributed by atoms with Crippen LogP contribution >= 0.6 is 0 Å². The van der Waals surface area contributed by atoms with Crippen LogP contribution in [0.3, 0.4) is 0 Å². The molecule has 19 heavy (non-hydrogen) atoms. The van der Waals surface area contributed by atoms with Gasteiger partial charge in [-0.25, -0.2) is 0 Å². The molecule has 1 heterocycles. The molecule has 0 radical (unpaired) electrons. The number of hydrogen-bond acceptors (Lipinski definition) is 5. The summed E-state index contributed by atoms with van der Waals surface area (Å²) >= 11 is 0. The zero-order valence-electron chi connectivity index (χ0n) is 11.1. The molecule has 0 spiro atoms. The third kappa shape index (κ3) is 2.69. The summed E-state index contributed by atoms with van der Waals surface area (Å²) in [5.41, 5.74) is 6.64. The zero-order chi connectivity index (χ0) is 14.0. The van der Waals surface area contributed by atoms with E-state index < -0.39 is 10.5 Å². The number of hydrogen-bond donors (Lipinski definition) is 1. The number of benzene rings is 1. The van der Waals surface area contributed by atoms with Gasteiger partial charge in [-0.1, -0.05) is 6.07 Å². The second-order valence-electron chi connectivity index (χ2n) is 4.94. The second-order valence-corrected chi connectivity index (χ2v) is 4.94.